The third-order valence-electron chi connectivity index (χ3n) is 2.79. The van der Waals surface area contributed by atoms with Gasteiger partial charge in [0.25, 0.3) is 0 Å². The fourth-order valence-corrected chi connectivity index (χ4v) is 2.15. The first kappa shape index (κ1) is 16.8. The lowest BCUT2D eigenvalue weighted by atomic mass is 10.0. The highest BCUT2D eigenvalue weighted by molar-refractivity contribution is 9.10. The van der Waals surface area contributed by atoms with Crippen molar-refractivity contribution in [2.45, 2.75) is 19.8 Å². The van der Waals surface area contributed by atoms with Crippen LogP contribution in [-0.2, 0) is 4.79 Å². The van der Waals surface area contributed by atoms with Crippen molar-refractivity contribution in [3.63, 3.8) is 0 Å². The number of benzene rings is 1. The molecule has 0 bridgehead atoms. The number of aliphatic carboxylic acids is 1. The molecule has 0 saturated heterocycles. The number of hydrogen-bond acceptors (Lipinski definition) is 2. The van der Waals surface area contributed by atoms with E-state index in [1.165, 1.54) is 0 Å². The molecule has 0 aliphatic carbocycles. The van der Waals surface area contributed by atoms with Crippen molar-refractivity contribution in [1.82, 2.24) is 5.32 Å². The van der Waals surface area contributed by atoms with Gasteiger partial charge < -0.3 is 15.7 Å². The van der Waals surface area contributed by atoms with E-state index in [0.29, 0.717) is 28.1 Å². The minimum Gasteiger partial charge on any atom is -0.481 e. The summed E-state index contributed by atoms with van der Waals surface area (Å²) in [5, 5.41) is 14.5. The molecule has 2 amide bonds. The number of hydrogen-bond donors (Lipinski definition) is 3. The van der Waals surface area contributed by atoms with Crippen LogP contribution in [0.4, 0.5) is 10.5 Å². The third-order valence-corrected chi connectivity index (χ3v) is 4.19. The molecule has 0 radical (unpaired) electrons. The first-order valence-corrected chi connectivity index (χ1v) is 7.31. The Morgan fingerprint density at radius 3 is 2.75 bits per heavy atom. The average Bonchev–Trinajstić information content (AvgIpc) is 2.39. The Hall–Kier alpha value is -1.27. The molecular weight excluding hydrogens is 348 g/mol. The van der Waals surface area contributed by atoms with Crippen LogP contribution in [0, 0.1) is 5.92 Å². The lowest BCUT2D eigenvalue weighted by molar-refractivity contribution is -0.138. The first-order chi connectivity index (χ1) is 9.43. The fraction of sp³-hybridized carbons (Fsp3) is 0.385. The molecule has 1 aromatic rings. The number of rotatable bonds is 6. The Morgan fingerprint density at radius 2 is 2.15 bits per heavy atom. The topological polar surface area (TPSA) is 78.4 Å². The van der Waals surface area contributed by atoms with Gasteiger partial charge >= 0.3 is 12.0 Å². The molecule has 7 heteroatoms. The van der Waals surface area contributed by atoms with E-state index in [2.05, 4.69) is 26.6 Å². The molecule has 0 fully saturated rings. The zero-order valence-electron chi connectivity index (χ0n) is 11.0. The Bertz CT molecular complexity index is 497. The third kappa shape index (κ3) is 5.38. The van der Waals surface area contributed by atoms with Crippen molar-refractivity contribution < 1.29 is 14.7 Å². The van der Waals surface area contributed by atoms with E-state index < -0.39 is 12.0 Å². The van der Waals surface area contributed by atoms with Gasteiger partial charge in [0.1, 0.15) is 0 Å². The smallest absolute Gasteiger partial charge is 0.319 e. The highest BCUT2D eigenvalue weighted by Gasteiger charge is 2.13. The van der Waals surface area contributed by atoms with Crippen LogP contribution in [0.15, 0.2) is 22.7 Å². The molecule has 0 aromatic heterocycles. The lowest BCUT2D eigenvalue weighted by Gasteiger charge is -2.14. The molecule has 0 heterocycles. The van der Waals surface area contributed by atoms with Crippen LogP contribution in [-0.4, -0.2) is 23.7 Å². The second kappa shape index (κ2) is 8.11. The largest absolute Gasteiger partial charge is 0.481 e. The van der Waals surface area contributed by atoms with E-state index in [1.54, 1.807) is 18.2 Å². The minimum absolute atomic E-state index is 0.0393. The number of halogens is 2. The van der Waals surface area contributed by atoms with Gasteiger partial charge in [0.05, 0.1) is 15.2 Å². The standard InChI is InChI=1S/C13H16BrClN2O3/c1-2-8(6-11(18)19)7-16-13(20)17-10-5-3-4-9(15)12(10)14/h3-5,8H,2,6-7H2,1H3,(H,18,19)(H2,16,17,20). The lowest BCUT2D eigenvalue weighted by Crippen LogP contribution is -2.33. The maximum atomic E-state index is 11.7. The molecular formula is C13H16BrClN2O3. The molecule has 20 heavy (non-hydrogen) atoms. The molecule has 5 nitrogen and oxygen atoms in total. The van der Waals surface area contributed by atoms with E-state index in [9.17, 15) is 9.59 Å². The van der Waals surface area contributed by atoms with Crippen LogP contribution in [0.25, 0.3) is 0 Å². The molecule has 110 valence electrons. The predicted molar refractivity (Wildman–Crippen MR) is 82.2 cm³/mol. The fourth-order valence-electron chi connectivity index (χ4n) is 1.61. The summed E-state index contributed by atoms with van der Waals surface area (Å²) in [6, 6.07) is 4.75. The van der Waals surface area contributed by atoms with E-state index in [-0.39, 0.29) is 12.3 Å². The summed E-state index contributed by atoms with van der Waals surface area (Å²) in [5.41, 5.74) is 0.557. The first-order valence-electron chi connectivity index (χ1n) is 6.14. The summed E-state index contributed by atoms with van der Waals surface area (Å²) in [6.07, 6.45) is 0.727. The maximum absolute atomic E-state index is 11.7. The average molecular weight is 364 g/mol. The van der Waals surface area contributed by atoms with E-state index in [1.807, 2.05) is 6.92 Å². The minimum atomic E-state index is -0.864. The second-order valence-corrected chi connectivity index (χ2v) is 5.51. The summed E-state index contributed by atoms with van der Waals surface area (Å²) in [4.78, 5) is 22.4. The van der Waals surface area contributed by atoms with Crippen molar-refractivity contribution in [3.8, 4) is 0 Å². The summed E-state index contributed by atoms with van der Waals surface area (Å²) in [7, 11) is 0. The van der Waals surface area contributed by atoms with Crippen molar-refractivity contribution in [2.75, 3.05) is 11.9 Å². The highest BCUT2D eigenvalue weighted by atomic mass is 79.9. The van der Waals surface area contributed by atoms with Crippen LogP contribution in [0.1, 0.15) is 19.8 Å². The van der Waals surface area contributed by atoms with Crippen molar-refractivity contribution >= 4 is 45.2 Å². The van der Waals surface area contributed by atoms with Crippen LogP contribution < -0.4 is 10.6 Å². The van der Waals surface area contributed by atoms with E-state index in [0.717, 1.165) is 0 Å². The molecule has 1 atom stereocenters. The van der Waals surface area contributed by atoms with Gasteiger partial charge in [-0.15, -0.1) is 0 Å². The number of carboxylic acid groups (broad SMARTS) is 1. The summed E-state index contributed by atoms with van der Waals surface area (Å²) < 4.78 is 0.606. The normalized spacial score (nSPS) is 11.8. The van der Waals surface area contributed by atoms with Crippen LogP contribution in [0.5, 0.6) is 0 Å². The summed E-state index contributed by atoms with van der Waals surface area (Å²) in [6.45, 7) is 2.20. The monoisotopic (exact) mass is 362 g/mol. The zero-order valence-corrected chi connectivity index (χ0v) is 13.3. The second-order valence-electron chi connectivity index (χ2n) is 4.31. The maximum Gasteiger partial charge on any atom is 0.319 e. The van der Waals surface area contributed by atoms with E-state index >= 15 is 0 Å². The Morgan fingerprint density at radius 1 is 1.45 bits per heavy atom. The molecule has 0 spiro atoms. The van der Waals surface area contributed by atoms with Gasteiger partial charge in [-0.25, -0.2) is 4.79 Å². The van der Waals surface area contributed by atoms with Gasteiger partial charge in [-0.3, -0.25) is 4.79 Å². The highest BCUT2D eigenvalue weighted by Crippen LogP contribution is 2.29. The van der Waals surface area contributed by atoms with Crippen LogP contribution >= 0.6 is 27.5 Å². The number of nitrogens with one attached hydrogen (secondary N) is 2. The number of carboxylic acids is 1. The Kier molecular flexibility index (Phi) is 6.81. The molecule has 0 aliphatic heterocycles. The van der Waals surface area contributed by atoms with Gasteiger partial charge in [0, 0.05) is 13.0 Å². The quantitative estimate of drug-likeness (QED) is 0.720. The van der Waals surface area contributed by atoms with Gasteiger partial charge in [0.15, 0.2) is 0 Å². The number of urea groups is 1. The molecule has 3 N–H and O–H groups in total. The molecule has 1 aromatic carbocycles. The van der Waals surface area contributed by atoms with E-state index in [4.69, 9.17) is 16.7 Å². The SMILES string of the molecule is CCC(CNC(=O)Nc1cccc(Cl)c1Br)CC(=O)O. The number of carbonyl (C=O) groups excluding carboxylic acids is 1. The predicted octanol–water partition coefficient (Wildman–Crippen LogP) is 3.72. The Balaban J connectivity index is 2.51. The summed E-state index contributed by atoms with van der Waals surface area (Å²) >= 11 is 9.20. The van der Waals surface area contributed by atoms with Crippen LogP contribution in [0.3, 0.4) is 0 Å². The van der Waals surface area contributed by atoms with Gasteiger partial charge in [-0.05, 0) is 34.0 Å². The molecule has 0 saturated carbocycles. The number of amides is 2. The van der Waals surface area contributed by atoms with Gasteiger partial charge in [-0.2, -0.15) is 0 Å². The van der Waals surface area contributed by atoms with Crippen LogP contribution in [0.2, 0.25) is 5.02 Å². The molecule has 0 aliphatic rings. The Labute approximate surface area is 130 Å². The molecule has 1 rings (SSSR count). The van der Waals surface area contributed by atoms with Gasteiger partial charge in [0.2, 0.25) is 0 Å². The zero-order chi connectivity index (χ0) is 15.1. The van der Waals surface area contributed by atoms with Crippen molar-refractivity contribution in [1.29, 1.82) is 0 Å². The van der Waals surface area contributed by atoms with Crippen molar-refractivity contribution in [3.05, 3.63) is 27.7 Å². The van der Waals surface area contributed by atoms with Crippen molar-refractivity contribution in [2.24, 2.45) is 5.92 Å². The number of carbonyl (C=O) groups is 2. The van der Waals surface area contributed by atoms with Gasteiger partial charge in [-0.1, -0.05) is 31.0 Å². The summed E-state index contributed by atoms with van der Waals surface area (Å²) in [5.74, 6) is -0.947. The number of anilines is 1. The molecule has 1 unspecified atom stereocenters.